The van der Waals surface area contributed by atoms with Gasteiger partial charge in [-0.05, 0) is 0 Å². The van der Waals surface area contributed by atoms with Crippen molar-refractivity contribution in [3.05, 3.63) is 0 Å². The molecule has 0 spiro atoms. The lowest BCUT2D eigenvalue weighted by molar-refractivity contribution is 0.252. The lowest BCUT2D eigenvalue weighted by Gasteiger charge is -2.35. The Hall–Kier alpha value is 0.690. The SMILES string of the molecule is CCN(CCCl)P(=O)(OC)N(CC)CCCl. The van der Waals surface area contributed by atoms with Gasteiger partial charge >= 0.3 is 7.67 Å². The predicted octanol–water partition coefficient (Wildman–Crippen LogP) is 2.86. The van der Waals surface area contributed by atoms with Gasteiger partial charge in [-0.3, -0.25) is 4.57 Å². The molecule has 0 aliphatic rings. The van der Waals surface area contributed by atoms with Crippen LogP contribution in [0.3, 0.4) is 0 Å². The van der Waals surface area contributed by atoms with Crippen molar-refractivity contribution < 1.29 is 9.09 Å². The molecule has 0 N–H and O–H groups in total. The molecule has 0 aromatic carbocycles. The minimum absolute atomic E-state index is 0.430. The van der Waals surface area contributed by atoms with E-state index in [0.29, 0.717) is 37.9 Å². The standard InChI is InChI=1S/C9H21Cl2N2O2P/c1-4-12(8-6-10)16(14,15-3)13(5-2)9-7-11/h4-9H2,1-3H3. The van der Waals surface area contributed by atoms with E-state index in [0.717, 1.165) is 0 Å². The largest absolute Gasteiger partial charge is 0.345 e. The first-order valence-electron chi connectivity index (χ1n) is 5.39. The summed E-state index contributed by atoms with van der Waals surface area (Å²) in [4.78, 5) is 0. The van der Waals surface area contributed by atoms with Gasteiger partial charge in [0.15, 0.2) is 0 Å². The minimum Gasteiger partial charge on any atom is -0.309 e. The fraction of sp³-hybridized carbons (Fsp3) is 1.00. The molecular weight excluding hydrogens is 270 g/mol. The van der Waals surface area contributed by atoms with E-state index in [1.165, 1.54) is 7.11 Å². The fourth-order valence-corrected chi connectivity index (χ4v) is 4.42. The highest BCUT2D eigenvalue weighted by Crippen LogP contribution is 2.53. The van der Waals surface area contributed by atoms with Crippen molar-refractivity contribution in [2.45, 2.75) is 13.8 Å². The Kier molecular flexibility index (Phi) is 9.11. The summed E-state index contributed by atoms with van der Waals surface area (Å²) in [6.07, 6.45) is 0. The average molecular weight is 291 g/mol. The third-order valence-electron chi connectivity index (χ3n) is 2.37. The fourth-order valence-electron chi connectivity index (χ4n) is 1.53. The van der Waals surface area contributed by atoms with Crippen molar-refractivity contribution >= 4 is 30.9 Å². The second-order valence-corrected chi connectivity index (χ2v) is 6.38. The Morgan fingerprint density at radius 3 is 1.62 bits per heavy atom. The van der Waals surface area contributed by atoms with Crippen LogP contribution in [-0.4, -0.2) is 54.4 Å². The van der Waals surface area contributed by atoms with Gasteiger partial charge in [0.25, 0.3) is 0 Å². The Labute approximate surface area is 108 Å². The van der Waals surface area contributed by atoms with Crippen LogP contribution in [0.25, 0.3) is 0 Å². The van der Waals surface area contributed by atoms with Crippen molar-refractivity contribution in [1.29, 1.82) is 0 Å². The zero-order valence-electron chi connectivity index (χ0n) is 10.2. The number of hydrogen-bond donors (Lipinski definition) is 0. The van der Waals surface area contributed by atoms with Crippen LogP contribution in [0.2, 0.25) is 0 Å². The second kappa shape index (κ2) is 8.73. The summed E-state index contributed by atoms with van der Waals surface area (Å²) in [6.45, 7) is 6.23. The molecule has 0 saturated heterocycles. The number of halogens is 2. The van der Waals surface area contributed by atoms with Gasteiger partial charge in [0, 0.05) is 45.0 Å². The van der Waals surface area contributed by atoms with Gasteiger partial charge in [-0.2, -0.15) is 0 Å². The van der Waals surface area contributed by atoms with Crippen LogP contribution in [0, 0.1) is 0 Å². The first-order chi connectivity index (χ1) is 7.60. The van der Waals surface area contributed by atoms with Crippen LogP contribution in [-0.2, 0) is 9.09 Å². The molecule has 98 valence electrons. The Morgan fingerprint density at radius 1 is 1.06 bits per heavy atom. The van der Waals surface area contributed by atoms with Crippen LogP contribution < -0.4 is 0 Å². The smallest absolute Gasteiger partial charge is 0.309 e. The molecule has 0 amide bonds. The van der Waals surface area contributed by atoms with Gasteiger partial charge in [-0.25, -0.2) is 9.34 Å². The van der Waals surface area contributed by atoms with Crippen LogP contribution in [0.15, 0.2) is 0 Å². The van der Waals surface area contributed by atoms with Crippen molar-refractivity contribution in [3.8, 4) is 0 Å². The van der Waals surface area contributed by atoms with Crippen molar-refractivity contribution in [2.75, 3.05) is 45.0 Å². The zero-order valence-corrected chi connectivity index (χ0v) is 12.6. The summed E-state index contributed by atoms with van der Waals surface area (Å²) in [6, 6.07) is 0. The van der Waals surface area contributed by atoms with Gasteiger partial charge in [0.05, 0.1) is 0 Å². The van der Waals surface area contributed by atoms with Gasteiger partial charge in [-0.1, -0.05) is 13.8 Å². The summed E-state index contributed by atoms with van der Waals surface area (Å²) in [7, 11) is -1.49. The molecule has 4 nitrogen and oxygen atoms in total. The molecule has 0 aromatic heterocycles. The van der Waals surface area contributed by atoms with E-state index in [1.807, 2.05) is 13.8 Å². The van der Waals surface area contributed by atoms with Gasteiger partial charge in [0.1, 0.15) is 0 Å². The first-order valence-corrected chi connectivity index (χ1v) is 7.99. The van der Waals surface area contributed by atoms with Gasteiger partial charge in [-0.15, -0.1) is 23.2 Å². The molecule has 0 atom stereocenters. The van der Waals surface area contributed by atoms with Gasteiger partial charge < -0.3 is 4.52 Å². The molecule has 0 aliphatic heterocycles. The molecule has 0 bridgehead atoms. The van der Waals surface area contributed by atoms with E-state index < -0.39 is 7.67 Å². The number of hydrogen-bond acceptors (Lipinski definition) is 2. The Morgan fingerprint density at radius 2 is 1.44 bits per heavy atom. The van der Waals surface area contributed by atoms with E-state index >= 15 is 0 Å². The van der Waals surface area contributed by atoms with Crippen LogP contribution in [0.5, 0.6) is 0 Å². The Bertz CT molecular complexity index is 214. The number of nitrogens with zero attached hydrogens (tertiary/aromatic N) is 2. The highest BCUT2D eigenvalue weighted by atomic mass is 35.5. The maximum Gasteiger partial charge on any atom is 0.345 e. The van der Waals surface area contributed by atoms with Crippen molar-refractivity contribution in [1.82, 2.24) is 9.34 Å². The number of alkyl halides is 2. The molecule has 0 aromatic rings. The Balaban J connectivity index is 4.89. The molecule has 0 heterocycles. The minimum atomic E-state index is -2.96. The summed E-state index contributed by atoms with van der Waals surface area (Å²) in [5.41, 5.74) is 0. The molecule has 0 saturated carbocycles. The van der Waals surface area contributed by atoms with Crippen LogP contribution in [0.1, 0.15) is 13.8 Å². The van der Waals surface area contributed by atoms with Crippen molar-refractivity contribution in [3.63, 3.8) is 0 Å². The third-order valence-corrected chi connectivity index (χ3v) is 5.58. The molecule has 7 heteroatoms. The molecule has 0 aliphatic carbocycles. The summed E-state index contributed by atoms with van der Waals surface area (Å²) < 4.78 is 21.5. The molecule has 16 heavy (non-hydrogen) atoms. The van der Waals surface area contributed by atoms with Gasteiger partial charge in [0.2, 0.25) is 0 Å². The van der Waals surface area contributed by atoms with E-state index in [2.05, 4.69) is 0 Å². The predicted molar refractivity (Wildman–Crippen MR) is 70.5 cm³/mol. The molecular formula is C9H21Cl2N2O2P. The highest BCUT2D eigenvalue weighted by molar-refractivity contribution is 7.53. The molecule has 0 radical (unpaired) electrons. The maximum atomic E-state index is 12.7. The lowest BCUT2D eigenvalue weighted by Crippen LogP contribution is -2.34. The van der Waals surface area contributed by atoms with E-state index in [1.54, 1.807) is 9.34 Å². The summed E-state index contributed by atoms with van der Waals surface area (Å²) in [5, 5.41) is 0. The highest BCUT2D eigenvalue weighted by Gasteiger charge is 2.35. The van der Waals surface area contributed by atoms with E-state index in [9.17, 15) is 4.57 Å². The topological polar surface area (TPSA) is 32.8 Å². The maximum absolute atomic E-state index is 12.7. The zero-order chi connectivity index (χ0) is 12.6. The first kappa shape index (κ1) is 16.7. The summed E-state index contributed by atoms with van der Waals surface area (Å²) in [5.74, 6) is 0.860. The van der Waals surface area contributed by atoms with Crippen LogP contribution in [0.4, 0.5) is 0 Å². The second-order valence-electron chi connectivity index (χ2n) is 3.14. The lowest BCUT2D eigenvalue weighted by atomic mass is 10.7. The van der Waals surface area contributed by atoms with Crippen molar-refractivity contribution in [2.24, 2.45) is 0 Å². The molecule has 0 rings (SSSR count). The quantitative estimate of drug-likeness (QED) is 0.483. The molecule has 0 fully saturated rings. The normalized spacial score (nSPS) is 12.7. The summed E-state index contributed by atoms with van der Waals surface area (Å²) >= 11 is 11.4. The number of rotatable bonds is 9. The monoisotopic (exact) mass is 290 g/mol. The average Bonchev–Trinajstić information content (AvgIpc) is 2.31. The third kappa shape index (κ3) is 4.17. The van der Waals surface area contributed by atoms with E-state index in [-0.39, 0.29) is 0 Å². The van der Waals surface area contributed by atoms with E-state index in [4.69, 9.17) is 27.7 Å². The van der Waals surface area contributed by atoms with Crippen LogP contribution >= 0.6 is 30.9 Å². The molecule has 0 unspecified atom stereocenters.